The molecule has 0 radical (unpaired) electrons. The van der Waals surface area contributed by atoms with Gasteiger partial charge in [0, 0.05) is 14.2 Å². The molecule has 5 nitrogen and oxygen atoms in total. The van der Waals surface area contributed by atoms with E-state index in [1.54, 1.807) is 6.07 Å². The average molecular weight is 172 g/mol. The van der Waals surface area contributed by atoms with Gasteiger partial charge in [-0.15, -0.1) is 0 Å². The van der Waals surface area contributed by atoms with E-state index in [0.29, 0.717) is 0 Å². The Balaban J connectivity index is 3.92. The molecule has 0 spiro atoms. The van der Waals surface area contributed by atoms with E-state index >= 15 is 0 Å². The van der Waals surface area contributed by atoms with E-state index in [2.05, 4.69) is 0 Å². The molecule has 0 atom stereocenters. The molecule has 5 heteroatoms. The Labute approximate surface area is 71.5 Å². The molecule has 0 unspecified atom stereocenters. The Bertz CT molecular complexity index is 170. The minimum absolute atomic E-state index is 0.146. The lowest BCUT2D eigenvalue weighted by Gasteiger charge is -2.18. The zero-order valence-corrected chi connectivity index (χ0v) is 7.24. The zero-order valence-electron chi connectivity index (χ0n) is 7.24. The number of hydrogen-bond donors (Lipinski definition) is 0. The Hall–Kier alpha value is -1.12. The van der Waals surface area contributed by atoms with Crippen LogP contribution >= 0.6 is 0 Å². The van der Waals surface area contributed by atoms with Crippen molar-refractivity contribution in [3.8, 4) is 6.07 Å². The molecule has 0 aromatic rings. The molecule has 1 amide bonds. The van der Waals surface area contributed by atoms with Gasteiger partial charge in [-0.3, -0.25) is 9.69 Å². The van der Waals surface area contributed by atoms with Crippen LogP contribution in [0.5, 0.6) is 0 Å². The topological polar surface area (TPSA) is 62.6 Å². The Kier molecular flexibility index (Phi) is 5.97. The van der Waals surface area contributed by atoms with Gasteiger partial charge in [-0.05, 0) is 0 Å². The highest BCUT2D eigenvalue weighted by atomic mass is 16.5. The van der Waals surface area contributed by atoms with Crippen molar-refractivity contribution in [2.75, 3.05) is 27.7 Å². The summed E-state index contributed by atoms with van der Waals surface area (Å²) in [4.78, 5) is 12.4. The third kappa shape index (κ3) is 3.91. The van der Waals surface area contributed by atoms with Gasteiger partial charge in [0.1, 0.15) is 19.9 Å². The number of nitriles is 1. The lowest BCUT2D eigenvalue weighted by Crippen LogP contribution is -2.34. The molecule has 0 saturated heterocycles. The lowest BCUT2D eigenvalue weighted by atomic mass is 10.4. The maximum absolute atomic E-state index is 11.1. The summed E-state index contributed by atoms with van der Waals surface area (Å²) in [5, 5.41) is 8.24. The third-order valence-electron chi connectivity index (χ3n) is 1.15. The molecule has 0 fully saturated rings. The van der Waals surface area contributed by atoms with Crippen molar-refractivity contribution in [1.82, 2.24) is 4.90 Å². The minimum Gasteiger partial charge on any atom is -0.364 e. The van der Waals surface area contributed by atoms with Gasteiger partial charge >= 0.3 is 0 Å². The number of rotatable bonds is 5. The van der Waals surface area contributed by atoms with Crippen LogP contribution in [0.3, 0.4) is 0 Å². The van der Waals surface area contributed by atoms with Gasteiger partial charge in [0.25, 0.3) is 0 Å². The summed E-state index contributed by atoms with van der Waals surface area (Å²) in [7, 11) is 2.95. The van der Waals surface area contributed by atoms with E-state index in [9.17, 15) is 4.79 Å². The first-order valence-corrected chi connectivity index (χ1v) is 3.38. The van der Waals surface area contributed by atoms with Gasteiger partial charge in [-0.25, -0.2) is 0 Å². The van der Waals surface area contributed by atoms with E-state index in [0.717, 1.165) is 0 Å². The second kappa shape index (κ2) is 6.58. The maximum atomic E-state index is 11.1. The Morgan fingerprint density at radius 2 is 1.92 bits per heavy atom. The summed E-state index contributed by atoms with van der Waals surface area (Å²) in [5.74, 6) is -0.291. The molecule has 0 aliphatic rings. The maximum Gasteiger partial charge on any atom is 0.240 e. The van der Waals surface area contributed by atoms with E-state index < -0.39 is 0 Å². The smallest absolute Gasteiger partial charge is 0.240 e. The van der Waals surface area contributed by atoms with E-state index in [1.807, 2.05) is 0 Å². The number of methoxy groups -OCH3 is 2. The highest BCUT2D eigenvalue weighted by Crippen LogP contribution is 1.93. The summed E-state index contributed by atoms with van der Waals surface area (Å²) in [5.41, 5.74) is 0. The van der Waals surface area contributed by atoms with Crippen LogP contribution in [0.1, 0.15) is 6.42 Å². The molecule has 0 aliphatic carbocycles. The fourth-order valence-corrected chi connectivity index (χ4v) is 0.672. The molecule has 0 heterocycles. The second-order valence-electron chi connectivity index (χ2n) is 2.10. The molecule has 0 saturated carbocycles. The highest BCUT2D eigenvalue weighted by Gasteiger charge is 2.11. The molecule has 0 bridgehead atoms. The second-order valence-corrected chi connectivity index (χ2v) is 2.10. The molecule has 0 aliphatic heterocycles. The molecule has 12 heavy (non-hydrogen) atoms. The van der Waals surface area contributed by atoms with Crippen molar-refractivity contribution >= 4 is 5.91 Å². The molecular formula is C7H12N2O3. The van der Waals surface area contributed by atoms with E-state index in [4.69, 9.17) is 14.7 Å². The third-order valence-corrected chi connectivity index (χ3v) is 1.15. The van der Waals surface area contributed by atoms with Crippen LogP contribution in [-0.2, 0) is 14.3 Å². The largest absolute Gasteiger partial charge is 0.364 e. The van der Waals surface area contributed by atoms with Gasteiger partial charge in [0.2, 0.25) is 5.91 Å². The summed E-state index contributed by atoms with van der Waals surface area (Å²) in [6, 6.07) is 1.76. The monoisotopic (exact) mass is 172 g/mol. The predicted molar refractivity (Wildman–Crippen MR) is 40.8 cm³/mol. The van der Waals surface area contributed by atoms with Crippen LogP contribution < -0.4 is 0 Å². The quantitative estimate of drug-likeness (QED) is 0.545. The summed E-state index contributed by atoms with van der Waals surface area (Å²) in [6.45, 7) is 0.294. The minimum atomic E-state index is -0.291. The van der Waals surface area contributed by atoms with Crippen molar-refractivity contribution < 1.29 is 14.3 Å². The molecule has 0 aromatic heterocycles. The zero-order chi connectivity index (χ0) is 9.40. The van der Waals surface area contributed by atoms with Crippen LogP contribution in [-0.4, -0.2) is 38.5 Å². The molecule has 0 N–H and O–H groups in total. The van der Waals surface area contributed by atoms with Crippen LogP contribution in [0, 0.1) is 11.3 Å². The van der Waals surface area contributed by atoms with Gasteiger partial charge in [0.05, 0.1) is 6.07 Å². The average Bonchev–Trinajstić information content (AvgIpc) is 2.04. The fraction of sp³-hybridized carbons (Fsp3) is 0.714. The lowest BCUT2D eigenvalue weighted by molar-refractivity contribution is -0.141. The standard InChI is InChI=1S/C7H12N2O3/c1-11-5-9(6-12-2)7(10)3-4-8/h3,5-6H2,1-2H3. The first kappa shape index (κ1) is 10.9. The van der Waals surface area contributed by atoms with Crippen molar-refractivity contribution in [2.45, 2.75) is 6.42 Å². The van der Waals surface area contributed by atoms with Gasteiger partial charge in [-0.1, -0.05) is 0 Å². The Morgan fingerprint density at radius 3 is 2.25 bits per heavy atom. The first-order chi connectivity index (χ1) is 5.76. The van der Waals surface area contributed by atoms with Crippen LogP contribution in [0.25, 0.3) is 0 Å². The molecular weight excluding hydrogens is 160 g/mol. The number of ether oxygens (including phenoxy) is 2. The number of hydrogen-bond acceptors (Lipinski definition) is 4. The van der Waals surface area contributed by atoms with Crippen molar-refractivity contribution in [2.24, 2.45) is 0 Å². The summed E-state index contributed by atoms with van der Waals surface area (Å²) in [6.07, 6.45) is -0.146. The Morgan fingerprint density at radius 1 is 1.42 bits per heavy atom. The SMILES string of the molecule is COCN(COC)C(=O)CC#N. The van der Waals surface area contributed by atoms with E-state index in [1.165, 1.54) is 19.1 Å². The molecule has 68 valence electrons. The first-order valence-electron chi connectivity index (χ1n) is 3.38. The number of carbonyl (C=O) groups is 1. The summed E-state index contributed by atoms with van der Waals surface area (Å²) >= 11 is 0. The number of nitrogens with zero attached hydrogens (tertiary/aromatic N) is 2. The number of amides is 1. The van der Waals surface area contributed by atoms with Gasteiger partial charge < -0.3 is 9.47 Å². The van der Waals surface area contributed by atoms with Gasteiger partial charge in [-0.2, -0.15) is 5.26 Å². The van der Waals surface area contributed by atoms with Gasteiger partial charge in [0.15, 0.2) is 0 Å². The van der Waals surface area contributed by atoms with Crippen molar-refractivity contribution in [1.29, 1.82) is 5.26 Å². The summed E-state index contributed by atoms with van der Waals surface area (Å²) < 4.78 is 9.48. The van der Waals surface area contributed by atoms with E-state index in [-0.39, 0.29) is 25.8 Å². The molecule has 0 aromatic carbocycles. The predicted octanol–water partition coefficient (Wildman–Crippen LogP) is -0.0635. The van der Waals surface area contributed by atoms with Crippen LogP contribution in [0.2, 0.25) is 0 Å². The normalized spacial score (nSPS) is 9.08. The number of carbonyl (C=O) groups excluding carboxylic acids is 1. The fourth-order valence-electron chi connectivity index (χ4n) is 0.672. The van der Waals surface area contributed by atoms with Crippen molar-refractivity contribution in [3.05, 3.63) is 0 Å². The molecule has 0 rings (SSSR count). The van der Waals surface area contributed by atoms with Crippen LogP contribution in [0.4, 0.5) is 0 Å². The highest BCUT2D eigenvalue weighted by molar-refractivity contribution is 5.77. The van der Waals surface area contributed by atoms with Crippen LogP contribution in [0.15, 0.2) is 0 Å². The van der Waals surface area contributed by atoms with Crippen molar-refractivity contribution in [3.63, 3.8) is 0 Å².